The Morgan fingerprint density at radius 1 is 1.31 bits per heavy atom. The van der Waals surface area contributed by atoms with E-state index < -0.39 is 0 Å². The third kappa shape index (κ3) is 2.82. The zero-order valence-corrected chi connectivity index (χ0v) is 9.29. The molecule has 1 aliphatic carbocycles. The molecule has 0 N–H and O–H groups in total. The van der Waals surface area contributed by atoms with Crippen molar-refractivity contribution in [3.05, 3.63) is 0 Å². The summed E-state index contributed by atoms with van der Waals surface area (Å²) in [6.45, 7) is 7.77. The number of rotatable bonds is 4. The van der Waals surface area contributed by atoms with Gasteiger partial charge < -0.3 is 0 Å². The first-order valence-electron chi connectivity index (χ1n) is 5.77. The van der Waals surface area contributed by atoms with Crippen LogP contribution in [0.25, 0.3) is 0 Å². The van der Waals surface area contributed by atoms with Crippen molar-refractivity contribution in [1.29, 1.82) is 0 Å². The number of nitrogens with zero attached hydrogens (tertiary/aromatic N) is 1. The maximum Gasteiger partial charge on any atom is 0.0357 e. The van der Waals surface area contributed by atoms with Crippen LogP contribution in [-0.2, 0) is 0 Å². The van der Waals surface area contributed by atoms with Crippen molar-refractivity contribution in [3.63, 3.8) is 0 Å². The van der Waals surface area contributed by atoms with Crippen LogP contribution in [0.15, 0.2) is 4.99 Å². The second kappa shape index (κ2) is 5.41. The number of hydrogen-bond acceptors (Lipinski definition) is 1. The highest BCUT2D eigenvalue weighted by molar-refractivity contribution is 5.57. The average molecular weight is 181 g/mol. The van der Waals surface area contributed by atoms with Crippen LogP contribution in [0, 0.1) is 17.8 Å². The normalized spacial score (nSPS) is 34.5. The maximum absolute atomic E-state index is 4.31. The second-order valence-corrected chi connectivity index (χ2v) is 4.30. The fourth-order valence-electron chi connectivity index (χ4n) is 2.63. The molecule has 0 amide bonds. The average Bonchev–Trinajstić information content (AvgIpc) is 2.48. The van der Waals surface area contributed by atoms with Crippen molar-refractivity contribution >= 4 is 6.21 Å². The first-order valence-corrected chi connectivity index (χ1v) is 5.77. The van der Waals surface area contributed by atoms with Crippen LogP contribution in [0.3, 0.4) is 0 Å². The molecule has 0 bridgehead atoms. The van der Waals surface area contributed by atoms with E-state index in [1.807, 2.05) is 0 Å². The minimum absolute atomic E-state index is 0.917. The van der Waals surface area contributed by atoms with Crippen molar-refractivity contribution in [2.45, 2.75) is 46.5 Å². The van der Waals surface area contributed by atoms with Gasteiger partial charge in [-0.05, 0) is 43.7 Å². The molecule has 0 radical (unpaired) electrons. The van der Waals surface area contributed by atoms with Gasteiger partial charge in [-0.1, -0.05) is 26.7 Å². The van der Waals surface area contributed by atoms with E-state index in [0.717, 1.165) is 24.3 Å². The van der Waals surface area contributed by atoms with Crippen molar-refractivity contribution < 1.29 is 0 Å². The van der Waals surface area contributed by atoms with Gasteiger partial charge in [0.15, 0.2) is 0 Å². The third-order valence-corrected chi connectivity index (χ3v) is 3.54. The highest BCUT2D eigenvalue weighted by Crippen LogP contribution is 2.40. The third-order valence-electron chi connectivity index (χ3n) is 3.54. The Labute approximate surface area is 82.6 Å². The maximum atomic E-state index is 4.31. The Morgan fingerprint density at radius 3 is 2.69 bits per heavy atom. The van der Waals surface area contributed by atoms with Gasteiger partial charge in [0.05, 0.1) is 0 Å². The summed E-state index contributed by atoms with van der Waals surface area (Å²) in [6.07, 6.45) is 7.60. The van der Waals surface area contributed by atoms with Crippen LogP contribution in [-0.4, -0.2) is 12.8 Å². The molecular formula is C12H23N. The lowest BCUT2D eigenvalue weighted by Gasteiger charge is -2.19. The van der Waals surface area contributed by atoms with Crippen LogP contribution >= 0.6 is 0 Å². The van der Waals surface area contributed by atoms with E-state index in [1.54, 1.807) is 0 Å². The Morgan fingerprint density at radius 2 is 2.08 bits per heavy atom. The van der Waals surface area contributed by atoms with Gasteiger partial charge in [-0.2, -0.15) is 0 Å². The lowest BCUT2D eigenvalue weighted by atomic mass is 9.86. The molecule has 13 heavy (non-hydrogen) atoms. The summed E-state index contributed by atoms with van der Waals surface area (Å²) in [5.74, 6) is 2.81. The Balaban J connectivity index is 2.40. The molecule has 0 aromatic carbocycles. The minimum atomic E-state index is 0.917. The lowest BCUT2D eigenvalue weighted by Crippen LogP contribution is -2.13. The molecule has 0 aromatic heterocycles. The molecule has 1 nitrogen and oxygen atoms in total. The number of hydrogen-bond donors (Lipinski definition) is 0. The molecule has 3 atom stereocenters. The molecule has 3 unspecified atom stereocenters. The quantitative estimate of drug-likeness (QED) is 0.588. The van der Waals surface area contributed by atoms with E-state index >= 15 is 0 Å². The van der Waals surface area contributed by atoms with Gasteiger partial charge in [0.1, 0.15) is 0 Å². The molecule has 1 saturated carbocycles. The number of aliphatic imine (C=N–C) groups is 1. The van der Waals surface area contributed by atoms with Gasteiger partial charge in [-0.15, -0.1) is 0 Å². The topological polar surface area (TPSA) is 12.4 Å². The SMILES string of the molecule is CCN=CCC1C(C)CCC1CC. The molecule has 76 valence electrons. The van der Waals surface area contributed by atoms with E-state index in [4.69, 9.17) is 0 Å². The van der Waals surface area contributed by atoms with E-state index in [1.165, 1.54) is 25.7 Å². The molecular weight excluding hydrogens is 158 g/mol. The fraction of sp³-hybridized carbons (Fsp3) is 0.917. The lowest BCUT2D eigenvalue weighted by molar-refractivity contribution is 0.332. The van der Waals surface area contributed by atoms with Crippen LogP contribution < -0.4 is 0 Å². The van der Waals surface area contributed by atoms with Gasteiger partial charge >= 0.3 is 0 Å². The van der Waals surface area contributed by atoms with Crippen molar-refractivity contribution in [3.8, 4) is 0 Å². The van der Waals surface area contributed by atoms with Gasteiger partial charge in [0, 0.05) is 6.54 Å². The molecule has 1 aliphatic rings. The molecule has 0 heterocycles. The summed E-state index contributed by atoms with van der Waals surface area (Å²) in [6, 6.07) is 0. The highest BCUT2D eigenvalue weighted by atomic mass is 14.7. The van der Waals surface area contributed by atoms with E-state index in [0.29, 0.717) is 0 Å². The van der Waals surface area contributed by atoms with Crippen LogP contribution in [0.1, 0.15) is 46.5 Å². The predicted octanol–water partition coefficient (Wildman–Crippen LogP) is 3.54. The first-order chi connectivity index (χ1) is 6.29. The summed E-state index contributed by atoms with van der Waals surface area (Å²) < 4.78 is 0. The van der Waals surface area contributed by atoms with Crippen molar-refractivity contribution in [2.24, 2.45) is 22.7 Å². The second-order valence-electron chi connectivity index (χ2n) is 4.30. The Kier molecular flexibility index (Phi) is 4.47. The molecule has 0 saturated heterocycles. The van der Waals surface area contributed by atoms with E-state index in [-0.39, 0.29) is 0 Å². The summed E-state index contributed by atoms with van der Waals surface area (Å²) in [5.41, 5.74) is 0. The van der Waals surface area contributed by atoms with Crippen molar-refractivity contribution in [1.82, 2.24) is 0 Å². The van der Waals surface area contributed by atoms with E-state index in [2.05, 4.69) is 32.0 Å². The summed E-state index contributed by atoms with van der Waals surface area (Å²) >= 11 is 0. The molecule has 0 spiro atoms. The van der Waals surface area contributed by atoms with E-state index in [9.17, 15) is 0 Å². The predicted molar refractivity (Wildman–Crippen MR) is 59.3 cm³/mol. The zero-order valence-electron chi connectivity index (χ0n) is 9.29. The highest BCUT2D eigenvalue weighted by Gasteiger charge is 2.30. The Bertz CT molecular complexity index is 163. The summed E-state index contributed by atoms with van der Waals surface area (Å²) in [5, 5.41) is 0. The Hall–Kier alpha value is -0.330. The van der Waals surface area contributed by atoms with Gasteiger partial charge in [0.2, 0.25) is 0 Å². The monoisotopic (exact) mass is 181 g/mol. The summed E-state index contributed by atoms with van der Waals surface area (Å²) in [7, 11) is 0. The molecule has 1 rings (SSSR count). The molecule has 0 aromatic rings. The van der Waals surface area contributed by atoms with Gasteiger partial charge in [-0.25, -0.2) is 0 Å². The molecule has 1 fully saturated rings. The van der Waals surface area contributed by atoms with Gasteiger partial charge in [-0.3, -0.25) is 4.99 Å². The van der Waals surface area contributed by atoms with Crippen molar-refractivity contribution in [2.75, 3.05) is 6.54 Å². The molecule has 0 aliphatic heterocycles. The fourth-order valence-corrected chi connectivity index (χ4v) is 2.63. The van der Waals surface area contributed by atoms with Crippen LogP contribution in [0.2, 0.25) is 0 Å². The molecule has 1 heteroatoms. The zero-order chi connectivity index (χ0) is 9.68. The smallest absolute Gasteiger partial charge is 0.0357 e. The summed E-state index contributed by atoms with van der Waals surface area (Å²) in [4.78, 5) is 4.31. The first kappa shape index (κ1) is 10.7. The standard InChI is InChI=1S/C12H23N/c1-4-11-7-6-10(3)12(11)8-9-13-5-2/h9-12H,4-8H2,1-3H3. The van der Waals surface area contributed by atoms with Gasteiger partial charge in [0.25, 0.3) is 0 Å². The van der Waals surface area contributed by atoms with Crippen LogP contribution in [0.4, 0.5) is 0 Å². The minimum Gasteiger partial charge on any atom is -0.298 e. The largest absolute Gasteiger partial charge is 0.298 e. The van der Waals surface area contributed by atoms with Crippen LogP contribution in [0.5, 0.6) is 0 Å².